The van der Waals surface area contributed by atoms with Crippen LogP contribution in [0.2, 0.25) is 0 Å². The van der Waals surface area contributed by atoms with Crippen molar-refractivity contribution < 1.29 is 18.3 Å². The van der Waals surface area contributed by atoms with Crippen molar-refractivity contribution in [3.63, 3.8) is 0 Å². The highest BCUT2D eigenvalue weighted by molar-refractivity contribution is 6.14. The Morgan fingerprint density at radius 2 is 2.00 bits per heavy atom. The van der Waals surface area contributed by atoms with Crippen molar-refractivity contribution in [1.29, 1.82) is 0 Å². The van der Waals surface area contributed by atoms with E-state index in [4.69, 9.17) is 10.8 Å². The Hall–Kier alpha value is -1.40. The average Bonchev–Trinajstić information content (AvgIpc) is 2.03. The van der Waals surface area contributed by atoms with Gasteiger partial charge in [-0.15, -0.1) is 0 Å². The predicted octanol–water partition coefficient (Wildman–Crippen LogP) is 1.42. The fraction of sp³-hybridized carbons (Fsp3) is 0.222. The van der Waals surface area contributed by atoms with Crippen LogP contribution >= 0.6 is 0 Å². The quantitative estimate of drug-likeness (QED) is 0.697. The Labute approximate surface area is 83.0 Å². The number of aliphatic hydroxyl groups is 1. The lowest BCUT2D eigenvalue weighted by Gasteiger charge is -2.21. The number of hydrogen-bond acceptors (Lipinski definition) is 3. The summed E-state index contributed by atoms with van der Waals surface area (Å²) in [5.41, 5.74) is 5.29. The zero-order valence-corrected chi connectivity index (χ0v) is 7.42. The molecule has 6 heteroatoms. The number of alkyl halides is 3. The molecule has 1 heterocycles. The molecule has 1 atom stereocenters. The Bertz CT molecular complexity index is 437. The standard InChI is InChI=1S/C9H7F3N2O/c10-9(11,12)4-1-2-5-6(3-4)14-7(5)8(13)15/h1-3,8,15H,13H2. The zero-order chi connectivity index (χ0) is 11.2. The molecular formula is C9H7F3N2O. The molecule has 0 bridgehead atoms. The van der Waals surface area contributed by atoms with E-state index in [1.54, 1.807) is 0 Å². The van der Waals surface area contributed by atoms with E-state index in [1.165, 1.54) is 6.07 Å². The lowest BCUT2D eigenvalue weighted by atomic mass is 9.98. The lowest BCUT2D eigenvalue weighted by Crippen LogP contribution is -2.33. The van der Waals surface area contributed by atoms with Gasteiger partial charge < -0.3 is 10.8 Å². The molecule has 1 aliphatic heterocycles. The smallest absolute Gasteiger partial charge is 0.373 e. The summed E-state index contributed by atoms with van der Waals surface area (Å²) in [5, 5.41) is 8.97. The minimum Gasteiger partial charge on any atom is -0.373 e. The third-order valence-electron chi connectivity index (χ3n) is 2.12. The van der Waals surface area contributed by atoms with Crippen LogP contribution in [0.3, 0.4) is 0 Å². The Balaban J connectivity index is 2.35. The molecule has 0 fully saturated rings. The highest BCUT2D eigenvalue weighted by atomic mass is 19.4. The monoisotopic (exact) mass is 216 g/mol. The molecule has 3 N–H and O–H groups in total. The van der Waals surface area contributed by atoms with E-state index >= 15 is 0 Å². The van der Waals surface area contributed by atoms with Crippen LogP contribution in [0, 0.1) is 0 Å². The van der Waals surface area contributed by atoms with Crippen LogP contribution in [0.1, 0.15) is 11.1 Å². The fourth-order valence-electron chi connectivity index (χ4n) is 1.38. The Morgan fingerprint density at radius 1 is 1.33 bits per heavy atom. The van der Waals surface area contributed by atoms with Gasteiger partial charge in [0.15, 0.2) is 0 Å². The van der Waals surface area contributed by atoms with Crippen LogP contribution in [-0.4, -0.2) is 17.0 Å². The maximum absolute atomic E-state index is 12.3. The van der Waals surface area contributed by atoms with Gasteiger partial charge in [0.05, 0.1) is 17.0 Å². The summed E-state index contributed by atoms with van der Waals surface area (Å²) in [6.07, 6.45) is -5.61. The highest BCUT2D eigenvalue weighted by Gasteiger charge is 2.33. The summed E-state index contributed by atoms with van der Waals surface area (Å²) in [4.78, 5) is 3.70. The topological polar surface area (TPSA) is 58.6 Å². The fourth-order valence-corrected chi connectivity index (χ4v) is 1.38. The Kier molecular flexibility index (Phi) is 2.06. The first-order chi connectivity index (χ1) is 6.89. The first kappa shape index (κ1) is 10.1. The van der Waals surface area contributed by atoms with Crippen molar-refractivity contribution in [2.24, 2.45) is 10.7 Å². The third kappa shape index (κ3) is 1.62. The molecule has 1 aromatic rings. The summed E-state index contributed by atoms with van der Waals surface area (Å²) >= 11 is 0. The van der Waals surface area contributed by atoms with Crippen molar-refractivity contribution in [2.45, 2.75) is 12.4 Å². The molecule has 0 saturated heterocycles. The molecule has 2 rings (SSSR count). The molecule has 0 aromatic heterocycles. The number of aliphatic imine (C=N–C) groups is 1. The van der Waals surface area contributed by atoms with Gasteiger partial charge in [0.1, 0.15) is 6.23 Å². The number of rotatable bonds is 1. The van der Waals surface area contributed by atoms with Gasteiger partial charge in [-0.1, -0.05) is 6.07 Å². The van der Waals surface area contributed by atoms with E-state index in [1.807, 2.05) is 0 Å². The van der Waals surface area contributed by atoms with Gasteiger partial charge in [0, 0.05) is 5.56 Å². The molecule has 0 saturated carbocycles. The third-order valence-corrected chi connectivity index (χ3v) is 2.12. The van der Waals surface area contributed by atoms with E-state index in [-0.39, 0.29) is 11.4 Å². The van der Waals surface area contributed by atoms with Crippen molar-refractivity contribution in [3.8, 4) is 0 Å². The first-order valence-corrected chi connectivity index (χ1v) is 4.13. The molecular weight excluding hydrogens is 209 g/mol. The highest BCUT2D eigenvalue weighted by Crippen LogP contribution is 2.37. The molecule has 1 aromatic carbocycles. The summed E-state index contributed by atoms with van der Waals surface area (Å²) in [6, 6.07) is 3.13. The normalized spacial score (nSPS) is 16.5. The molecule has 1 unspecified atom stereocenters. The van der Waals surface area contributed by atoms with E-state index in [2.05, 4.69) is 4.99 Å². The molecule has 0 amide bonds. The molecule has 80 valence electrons. The largest absolute Gasteiger partial charge is 0.416 e. The summed E-state index contributed by atoms with van der Waals surface area (Å²) in [6.45, 7) is 0. The number of benzene rings is 1. The summed E-state index contributed by atoms with van der Waals surface area (Å²) in [7, 11) is 0. The molecule has 15 heavy (non-hydrogen) atoms. The molecule has 0 radical (unpaired) electrons. The second-order valence-electron chi connectivity index (χ2n) is 3.17. The van der Waals surface area contributed by atoms with Crippen molar-refractivity contribution in [3.05, 3.63) is 29.3 Å². The SMILES string of the molecule is NC(O)C1=Nc2cc(C(F)(F)F)ccc21. The van der Waals surface area contributed by atoms with Crippen LogP contribution in [-0.2, 0) is 6.18 Å². The number of fused-ring (bicyclic) bond motifs is 1. The first-order valence-electron chi connectivity index (χ1n) is 4.13. The molecule has 3 nitrogen and oxygen atoms in total. The van der Waals surface area contributed by atoms with Gasteiger partial charge in [-0.25, -0.2) is 4.99 Å². The Morgan fingerprint density at radius 3 is 2.47 bits per heavy atom. The van der Waals surface area contributed by atoms with Crippen LogP contribution < -0.4 is 5.73 Å². The van der Waals surface area contributed by atoms with Crippen LogP contribution in [0.4, 0.5) is 18.9 Å². The predicted molar refractivity (Wildman–Crippen MR) is 47.8 cm³/mol. The van der Waals surface area contributed by atoms with Gasteiger partial charge in [-0.3, -0.25) is 0 Å². The van der Waals surface area contributed by atoms with E-state index in [0.29, 0.717) is 5.56 Å². The molecule has 1 aliphatic rings. The van der Waals surface area contributed by atoms with E-state index in [9.17, 15) is 13.2 Å². The number of hydrogen-bond donors (Lipinski definition) is 2. The minimum atomic E-state index is -4.37. The van der Waals surface area contributed by atoms with Crippen molar-refractivity contribution in [1.82, 2.24) is 0 Å². The summed E-state index contributed by atoms with van der Waals surface area (Å²) in [5.74, 6) is 0. The van der Waals surface area contributed by atoms with E-state index < -0.39 is 18.0 Å². The second kappa shape index (κ2) is 3.04. The van der Waals surface area contributed by atoms with Crippen molar-refractivity contribution >= 4 is 11.4 Å². The van der Waals surface area contributed by atoms with Gasteiger partial charge in [-0.05, 0) is 12.1 Å². The van der Waals surface area contributed by atoms with E-state index in [0.717, 1.165) is 12.1 Å². The number of aliphatic hydroxyl groups excluding tert-OH is 1. The summed E-state index contributed by atoms with van der Waals surface area (Å²) < 4.78 is 36.8. The second-order valence-corrected chi connectivity index (χ2v) is 3.17. The number of nitrogens with zero attached hydrogens (tertiary/aromatic N) is 1. The van der Waals surface area contributed by atoms with Gasteiger partial charge in [0.2, 0.25) is 0 Å². The van der Waals surface area contributed by atoms with Crippen LogP contribution in [0.25, 0.3) is 0 Å². The van der Waals surface area contributed by atoms with Gasteiger partial charge >= 0.3 is 6.18 Å². The van der Waals surface area contributed by atoms with Crippen LogP contribution in [0.15, 0.2) is 23.2 Å². The van der Waals surface area contributed by atoms with Crippen LogP contribution in [0.5, 0.6) is 0 Å². The average molecular weight is 216 g/mol. The van der Waals surface area contributed by atoms with Gasteiger partial charge in [-0.2, -0.15) is 13.2 Å². The number of nitrogens with two attached hydrogens (primary N) is 1. The maximum Gasteiger partial charge on any atom is 0.416 e. The number of halogens is 3. The van der Waals surface area contributed by atoms with Crippen molar-refractivity contribution in [2.75, 3.05) is 0 Å². The lowest BCUT2D eigenvalue weighted by molar-refractivity contribution is -0.137. The molecule has 0 spiro atoms. The molecule has 0 aliphatic carbocycles. The van der Waals surface area contributed by atoms with Gasteiger partial charge in [0.25, 0.3) is 0 Å². The zero-order valence-electron chi connectivity index (χ0n) is 7.42. The maximum atomic E-state index is 12.3. The minimum absolute atomic E-state index is 0.212.